The fraction of sp³-hybridized carbons (Fsp3) is 0.500. The molecule has 0 heteroatoms. The van der Waals surface area contributed by atoms with Gasteiger partial charge in [0.2, 0.25) is 0 Å². The van der Waals surface area contributed by atoms with Gasteiger partial charge in [-0.25, -0.2) is 0 Å². The Bertz CT molecular complexity index is 45.1. The summed E-state index contributed by atoms with van der Waals surface area (Å²) >= 11 is 0. The second-order valence-corrected chi connectivity index (χ2v) is 1.76. The summed E-state index contributed by atoms with van der Waals surface area (Å²) < 4.78 is 0. The van der Waals surface area contributed by atoms with Gasteiger partial charge in [-0.15, -0.1) is 0 Å². The molecule has 0 saturated heterocycles. The normalized spacial score (nSPS) is 10.8. The van der Waals surface area contributed by atoms with Crippen molar-refractivity contribution in [2.24, 2.45) is 0 Å². The Morgan fingerprint density at radius 3 is 1.50 bits per heavy atom. The maximum Gasteiger partial charge on any atom is -0.0351 e. The van der Waals surface area contributed by atoms with Crippen molar-refractivity contribution in [2.75, 3.05) is 0 Å². The van der Waals surface area contributed by atoms with Gasteiger partial charge in [0.05, 0.1) is 0 Å². The third-order valence-corrected chi connectivity index (χ3v) is 0.908. The van der Waals surface area contributed by atoms with Gasteiger partial charge in [-0.2, -0.15) is 0 Å². The van der Waals surface area contributed by atoms with Crippen molar-refractivity contribution >= 4 is 0 Å². The fourth-order valence-corrected chi connectivity index (χ4v) is 0.471. The Morgan fingerprint density at radius 2 is 1.25 bits per heavy atom. The Hall–Kier alpha value is -0.260. The van der Waals surface area contributed by atoms with Gasteiger partial charge in [-0.1, -0.05) is 26.0 Å². The van der Waals surface area contributed by atoms with Crippen LogP contribution in [0, 0.1) is 13.8 Å². The molecule has 0 fully saturated rings. The molecule has 0 spiro atoms. The van der Waals surface area contributed by atoms with E-state index in [0.717, 1.165) is 25.7 Å². The van der Waals surface area contributed by atoms with Crippen LogP contribution in [0.3, 0.4) is 0 Å². The lowest BCUT2D eigenvalue weighted by Gasteiger charge is -1.83. The van der Waals surface area contributed by atoms with Crippen LogP contribution in [0.15, 0.2) is 12.2 Å². The molecule has 8 heavy (non-hydrogen) atoms. The van der Waals surface area contributed by atoms with Crippen LogP contribution in [0.4, 0.5) is 0 Å². The van der Waals surface area contributed by atoms with Gasteiger partial charge in [0, 0.05) is 0 Å². The van der Waals surface area contributed by atoms with Gasteiger partial charge >= 0.3 is 0 Å². The number of allylic oxidation sites excluding steroid dienone is 2. The second-order valence-electron chi connectivity index (χ2n) is 1.76. The monoisotopic (exact) mass is 110 g/mol. The average Bonchev–Trinajstić information content (AvgIpc) is 1.81. The summed E-state index contributed by atoms with van der Waals surface area (Å²) in [7, 11) is 0. The molecule has 0 aliphatic rings. The van der Waals surface area contributed by atoms with Crippen LogP contribution < -0.4 is 0 Å². The highest BCUT2D eigenvalue weighted by Gasteiger charge is 1.72. The predicted molar refractivity (Wildman–Crippen MR) is 38.3 cm³/mol. The zero-order chi connectivity index (χ0) is 6.24. The molecular weight excluding hydrogens is 96.1 g/mol. The molecule has 0 aliphatic heterocycles. The van der Waals surface area contributed by atoms with Gasteiger partial charge in [0.15, 0.2) is 0 Å². The molecule has 0 rings (SSSR count). The summed E-state index contributed by atoms with van der Waals surface area (Å²) in [6.07, 6.45) is 8.57. The molecule has 46 valence electrons. The van der Waals surface area contributed by atoms with E-state index < -0.39 is 0 Å². The minimum atomic E-state index is 1.01. The first-order chi connectivity index (χ1) is 3.91. The highest BCUT2D eigenvalue weighted by atomic mass is 13.8. The van der Waals surface area contributed by atoms with E-state index in [0.29, 0.717) is 0 Å². The van der Waals surface area contributed by atoms with Crippen molar-refractivity contribution in [3.8, 4) is 0 Å². The highest BCUT2D eigenvalue weighted by Crippen LogP contribution is 1.92. The Morgan fingerprint density at radius 1 is 0.875 bits per heavy atom. The Balaban J connectivity index is 2.83. The zero-order valence-electron chi connectivity index (χ0n) is 5.40. The summed E-state index contributed by atoms with van der Waals surface area (Å²) in [6.45, 7) is 7.43. The molecule has 2 radical (unpaired) electrons. The van der Waals surface area contributed by atoms with Crippen molar-refractivity contribution < 1.29 is 0 Å². The van der Waals surface area contributed by atoms with Crippen molar-refractivity contribution in [1.29, 1.82) is 0 Å². The van der Waals surface area contributed by atoms with Gasteiger partial charge in [0.1, 0.15) is 0 Å². The molecule has 0 bridgehead atoms. The second kappa shape index (κ2) is 6.74. The van der Waals surface area contributed by atoms with E-state index in [1.54, 1.807) is 0 Å². The Labute approximate surface area is 52.6 Å². The molecule has 0 N–H and O–H groups in total. The molecule has 0 unspecified atom stereocenters. The largest absolute Gasteiger partial charge is 0.0885 e. The molecule has 0 nitrogen and oxygen atoms in total. The van der Waals surface area contributed by atoms with Crippen molar-refractivity contribution in [2.45, 2.75) is 25.7 Å². The number of hydrogen-bond acceptors (Lipinski definition) is 0. The van der Waals surface area contributed by atoms with E-state index in [1.807, 2.05) is 0 Å². The smallest absolute Gasteiger partial charge is 0.0351 e. The van der Waals surface area contributed by atoms with E-state index in [9.17, 15) is 0 Å². The lowest BCUT2D eigenvalue weighted by molar-refractivity contribution is 1.00. The predicted octanol–water partition coefficient (Wildman–Crippen LogP) is 2.77. The van der Waals surface area contributed by atoms with E-state index >= 15 is 0 Å². The van der Waals surface area contributed by atoms with Gasteiger partial charge in [-0.05, 0) is 25.7 Å². The van der Waals surface area contributed by atoms with E-state index in [1.165, 1.54) is 0 Å². The fourth-order valence-electron chi connectivity index (χ4n) is 0.471. The minimum Gasteiger partial charge on any atom is -0.0885 e. The molecule has 0 aromatic rings. The van der Waals surface area contributed by atoms with Crippen molar-refractivity contribution in [1.82, 2.24) is 0 Å². The first-order valence-electron chi connectivity index (χ1n) is 3.15. The maximum absolute atomic E-state index is 3.72. The SMILES string of the molecule is [CH2]CC/C=C/CC[CH2]. The summed E-state index contributed by atoms with van der Waals surface area (Å²) in [4.78, 5) is 0. The topological polar surface area (TPSA) is 0 Å². The molecule has 0 aliphatic carbocycles. The van der Waals surface area contributed by atoms with E-state index in [4.69, 9.17) is 0 Å². The van der Waals surface area contributed by atoms with Crippen molar-refractivity contribution in [3.05, 3.63) is 26.0 Å². The molecule has 0 aromatic carbocycles. The van der Waals surface area contributed by atoms with Crippen LogP contribution in [0.2, 0.25) is 0 Å². The number of unbranched alkanes of at least 4 members (excludes halogenated alkanes) is 2. The standard InChI is InChI=1S/C8H14/c1-3-5-7-8-6-4-2/h7-8H,1-6H2/b8-7+. The first-order valence-corrected chi connectivity index (χ1v) is 3.15. The maximum atomic E-state index is 3.72. The van der Waals surface area contributed by atoms with E-state index in [-0.39, 0.29) is 0 Å². The highest BCUT2D eigenvalue weighted by molar-refractivity contribution is 4.81. The van der Waals surface area contributed by atoms with E-state index in [2.05, 4.69) is 26.0 Å². The quantitative estimate of drug-likeness (QED) is 0.488. The average molecular weight is 110 g/mol. The van der Waals surface area contributed by atoms with Crippen LogP contribution in [-0.4, -0.2) is 0 Å². The summed E-state index contributed by atoms with van der Waals surface area (Å²) in [5, 5.41) is 0. The van der Waals surface area contributed by atoms with Gasteiger partial charge in [-0.3, -0.25) is 0 Å². The summed E-state index contributed by atoms with van der Waals surface area (Å²) in [5.74, 6) is 0. The third-order valence-electron chi connectivity index (χ3n) is 0.908. The first kappa shape index (κ1) is 7.74. The van der Waals surface area contributed by atoms with Crippen LogP contribution in [0.5, 0.6) is 0 Å². The summed E-state index contributed by atoms with van der Waals surface area (Å²) in [6, 6.07) is 0. The van der Waals surface area contributed by atoms with Crippen LogP contribution in [0.1, 0.15) is 25.7 Å². The zero-order valence-corrected chi connectivity index (χ0v) is 5.40. The molecule has 0 heterocycles. The lowest BCUT2D eigenvalue weighted by Crippen LogP contribution is -1.63. The van der Waals surface area contributed by atoms with Gasteiger partial charge < -0.3 is 0 Å². The van der Waals surface area contributed by atoms with Crippen LogP contribution in [-0.2, 0) is 0 Å². The molecule has 0 aromatic heterocycles. The molecular formula is C8H14. The number of rotatable bonds is 4. The van der Waals surface area contributed by atoms with Gasteiger partial charge in [0.25, 0.3) is 0 Å². The molecule has 0 atom stereocenters. The molecule has 0 saturated carbocycles. The van der Waals surface area contributed by atoms with Crippen molar-refractivity contribution in [3.63, 3.8) is 0 Å². The number of hydrogen-bond donors (Lipinski definition) is 0. The van der Waals surface area contributed by atoms with Crippen LogP contribution >= 0.6 is 0 Å². The lowest BCUT2D eigenvalue weighted by atomic mass is 10.2. The third kappa shape index (κ3) is 5.74. The minimum absolute atomic E-state index is 1.01. The Kier molecular flexibility index (Phi) is 6.52. The molecule has 0 amide bonds. The van der Waals surface area contributed by atoms with Crippen LogP contribution in [0.25, 0.3) is 0 Å². The summed E-state index contributed by atoms with van der Waals surface area (Å²) in [5.41, 5.74) is 0.